The van der Waals surface area contributed by atoms with Gasteiger partial charge in [0.1, 0.15) is 0 Å². The largest absolute Gasteiger partial charge is 0.336 e. The minimum atomic E-state index is -0.194. The van der Waals surface area contributed by atoms with Crippen LogP contribution >= 0.6 is 11.6 Å². The molecular formula is C17H24ClN5O. The number of likely N-dealkylation sites (N-methyl/N-ethyl adjacent to an activating group) is 1. The fraction of sp³-hybridized carbons (Fsp3) is 0.412. The van der Waals surface area contributed by atoms with E-state index in [1.165, 1.54) is 0 Å². The minimum Gasteiger partial charge on any atom is -0.336 e. The molecule has 2 rings (SSSR count). The second kappa shape index (κ2) is 8.70. The maximum absolute atomic E-state index is 12.2. The summed E-state index contributed by atoms with van der Waals surface area (Å²) in [5, 5.41) is 10.8. The zero-order valence-corrected chi connectivity index (χ0v) is 15.0. The summed E-state index contributed by atoms with van der Waals surface area (Å²) in [6, 6.07) is 7.23. The lowest BCUT2D eigenvalue weighted by atomic mass is 10.1. The van der Waals surface area contributed by atoms with Crippen LogP contribution in [-0.2, 0) is 6.54 Å². The predicted octanol–water partition coefficient (Wildman–Crippen LogP) is 2.45. The highest BCUT2D eigenvalue weighted by molar-refractivity contribution is 6.30. The van der Waals surface area contributed by atoms with Crippen molar-refractivity contribution in [2.75, 3.05) is 27.2 Å². The lowest BCUT2D eigenvalue weighted by molar-refractivity contribution is 0.232. The fourth-order valence-corrected chi connectivity index (χ4v) is 2.50. The topological polar surface area (TPSA) is 62.2 Å². The third-order valence-corrected chi connectivity index (χ3v) is 3.77. The van der Waals surface area contributed by atoms with Crippen LogP contribution in [-0.4, -0.2) is 47.9 Å². The van der Waals surface area contributed by atoms with Gasteiger partial charge >= 0.3 is 6.03 Å². The van der Waals surface area contributed by atoms with Crippen molar-refractivity contribution in [3.8, 4) is 0 Å². The van der Waals surface area contributed by atoms with E-state index in [2.05, 4.69) is 15.7 Å². The lowest BCUT2D eigenvalue weighted by Gasteiger charge is -2.23. The highest BCUT2D eigenvalue weighted by Crippen LogP contribution is 2.17. The standard InChI is InChI=1S/C17H24ClN5O/c1-13-10-20-23(11-13)9-8-19-17(24)21-16(12-22(2)3)14-4-6-15(18)7-5-14/h4-7,10-11,16H,8-9,12H2,1-3H3,(H2,19,21,24)/t16-/m1/s1. The molecule has 2 aromatic rings. The molecule has 1 aromatic heterocycles. The van der Waals surface area contributed by atoms with E-state index in [1.807, 2.05) is 61.1 Å². The minimum absolute atomic E-state index is 0.107. The van der Waals surface area contributed by atoms with Crippen LogP contribution in [0.4, 0.5) is 4.79 Å². The molecule has 0 spiro atoms. The number of carbonyl (C=O) groups excluding carboxylic acids is 1. The van der Waals surface area contributed by atoms with Crippen LogP contribution in [0.3, 0.4) is 0 Å². The van der Waals surface area contributed by atoms with Crippen molar-refractivity contribution >= 4 is 17.6 Å². The molecule has 130 valence electrons. The van der Waals surface area contributed by atoms with E-state index in [4.69, 9.17) is 11.6 Å². The van der Waals surface area contributed by atoms with Crippen LogP contribution in [0.2, 0.25) is 5.02 Å². The Morgan fingerprint density at radius 1 is 1.33 bits per heavy atom. The monoisotopic (exact) mass is 349 g/mol. The van der Waals surface area contributed by atoms with Gasteiger partial charge in [0.05, 0.1) is 18.8 Å². The van der Waals surface area contributed by atoms with E-state index in [-0.39, 0.29) is 12.1 Å². The summed E-state index contributed by atoms with van der Waals surface area (Å²) < 4.78 is 1.81. The Morgan fingerprint density at radius 3 is 2.62 bits per heavy atom. The number of carbonyl (C=O) groups is 1. The Bertz CT molecular complexity index is 653. The molecule has 0 aliphatic rings. The van der Waals surface area contributed by atoms with Gasteiger partial charge in [-0.05, 0) is 44.3 Å². The number of amides is 2. The highest BCUT2D eigenvalue weighted by atomic mass is 35.5. The lowest BCUT2D eigenvalue weighted by Crippen LogP contribution is -2.42. The first kappa shape index (κ1) is 18.3. The number of benzene rings is 1. The Morgan fingerprint density at radius 2 is 2.04 bits per heavy atom. The normalized spacial score (nSPS) is 12.2. The summed E-state index contributed by atoms with van der Waals surface area (Å²) in [6.07, 6.45) is 3.75. The van der Waals surface area contributed by atoms with Crippen LogP contribution in [0.15, 0.2) is 36.7 Å². The van der Waals surface area contributed by atoms with Gasteiger partial charge in [-0.3, -0.25) is 4.68 Å². The van der Waals surface area contributed by atoms with Crippen LogP contribution in [0, 0.1) is 6.92 Å². The van der Waals surface area contributed by atoms with Gasteiger partial charge in [0, 0.05) is 24.3 Å². The summed E-state index contributed by atoms with van der Waals surface area (Å²) in [4.78, 5) is 14.2. The van der Waals surface area contributed by atoms with E-state index in [0.29, 0.717) is 24.7 Å². The molecule has 24 heavy (non-hydrogen) atoms. The van der Waals surface area contributed by atoms with E-state index in [9.17, 15) is 4.79 Å². The molecule has 0 saturated carbocycles. The molecule has 1 atom stereocenters. The second-order valence-corrected chi connectivity index (χ2v) is 6.48. The molecule has 0 bridgehead atoms. The molecule has 0 saturated heterocycles. The number of halogens is 1. The molecular weight excluding hydrogens is 326 g/mol. The number of rotatable bonds is 7. The molecule has 0 unspecified atom stereocenters. The fourth-order valence-electron chi connectivity index (χ4n) is 2.38. The Balaban J connectivity index is 1.88. The van der Waals surface area contributed by atoms with Gasteiger partial charge < -0.3 is 15.5 Å². The smallest absolute Gasteiger partial charge is 0.315 e. The van der Waals surface area contributed by atoms with Gasteiger partial charge in [-0.1, -0.05) is 23.7 Å². The molecule has 1 aromatic carbocycles. The predicted molar refractivity (Wildman–Crippen MR) is 96.2 cm³/mol. The van der Waals surface area contributed by atoms with E-state index < -0.39 is 0 Å². The summed E-state index contributed by atoms with van der Waals surface area (Å²) in [5.41, 5.74) is 2.12. The molecule has 1 heterocycles. The van der Waals surface area contributed by atoms with Gasteiger partial charge in [0.2, 0.25) is 0 Å². The molecule has 7 heteroatoms. The summed E-state index contributed by atoms with van der Waals surface area (Å²) >= 11 is 5.94. The third-order valence-electron chi connectivity index (χ3n) is 3.51. The van der Waals surface area contributed by atoms with E-state index in [0.717, 1.165) is 11.1 Å². The molecule has 2 amide bonds. The summed E-state index contributed by atoms with van der Waals surface area (Å²) in [5.74, 6) is 0. The number of hydrogen-bond acceptors (Lipinski definition) is 3. The first-order valence-corrected chi connectivity index (χ1v) is 8.25. The average Bonchev–Trinajstić information content (AvgIpc) is 2.92. The van der Waals surface area contributed by atoms with Crippen LogP contribution in [0.1, 0.15) is 17.2 Å². The van der Waals surface area contributed by atoms with Crippen molar-refractivity contribution in [3.63, 3.8) is 0 Å². The molecule has 0 fully saturated rings. The first-order valence-electron chi connectivity index (χ1n) is 7.87. The Kier molecular flexibility index (Phi) is 6.63. The Labute approximate surface area is 147 Å². The van der Waals surface area contributed by atoms with Crippen LogP contribution in [0.5, 0.6) is 0 Å². The first-order chi connectivity index (χ1) is 11.4. The molecule has 0 aliphatic carbocycles. The third kappa shape index (κ3) is 5.86. The average molecular weight is 350 g/mol. The van der Waals surface area contributed by atoms with Gasteiger partial charge in [-0.15, -0.1) is 0 Å². The number of urea groups is 1. The van der Waals surface area contributed by atoms with Crippen molar-refractivity contribution in [2.45, 2.75) is 19.5 Å². The van der Waals surface area contributed by atoms with Crippen LogP contribution < -0.4 is 10.6 Å². The van der Waals surface area contributed by atoms with Crippen molar-refractivity contribution < 1.29 is 4.79 Å². The summed E-state index contributed by atoms with van der Waals surface area (Å²) in [7, 11) is 3.95. The Hall–Kier alpha value is -2.05. The van der Waals surface area contributed by atoms with Crippen molar-refractivity contribution in [1.82, 2.24) is 25.3 Å². The van der Waals surface area contributed by atoms with Crippen molar-refractivity contribution in [2.24, 2.45) is 0 Å². The number of aryl methyl sites for hydroxylation is 1. The summed E-state index contributed by atoms with van der Waals surface area (Å²) in [6.45, 7) is 3.85. The maximum atomic E-state index is 12.2. The zero-order chi connectivity index (χ0) is 17.5. The molecule has 2 N–H and O–H groups in total. The molecule has 0 radical (unpaired) electrons. The SMILES string of the molecule is Cc1cnn(CCNC(=O)N[C@H](CN(C)C)c2ccc(Cl)cc2)c1. The zero-order valence-electron chi connectivity index (χ0n) is 14.3. The van der Waals surface area contributed by atoms with Gasteiger partial charge in [-0.2, -0.15) is 5.10 Å². The quantitative estimate of drug-likeness (QED) is 0.807. The van der Waals surface area contributed by atoms with E-state index in [1.54, 1.807) is 6.20 Å². The molecule has 0 aliphatic heterocycles. The van der Waals surface area contributed by atoms with Gasteiger partial charge in [0.25, 0.3) is 0 Å². The van der Waals surface area contributed by atoms with Crippen molar-refractivity contribution in [1.29, 1.82) is 0 Å². The maximum Gasteiger partial charge on any atom is 0.315 e. The van der Waals surface area contributed by atoms with Gasteiger partial charge in [0.15, 0.2) is 0 Å². The molecule has 6 nitrogen and oxygen atoms in total. The highest BCUT2D eigenvalue weighted by Gasteiger charge is 2.15. The number of nitrogens with one attached hydrogen (secondary N) is 2. The van der Waals surface area contributed by atoms with Crippen molar-refractivity contribution in [3.05, 3.63) is 52.8 Å². The number of nitrogens with zero attached hydrogens (tertiary/aromatic N) is 3. The number of aromatic nitrogens is 2. The second-order valence-electron chi connectivity index (χ2n) is 6.05. The van der Waals surface area contributed by atoms with Gasteiger partial charge in [-0.25, -0.2) is 4.79 Å². The number of hydrogen-bond donors (Lipinski definition) is 2. The van der Waals surface area contributed by atoms with E-state index >= 15 is 0 Å². The van der Waals surface area contributed by atoms with Crippen LogP contribution in [0.25, 0.3) is 0 Å².